The van der Waals surface area contributed by atoms with E-state index in [1.807, 2.05) is 19.1 Å². The molecule has 1 fully saturated rings. The Kier molecular flexibility index (Phi) is 4.78. The van der Waals surface area contributed by atoms with Crippen molar-refractivity contribution in [2.24, 2.45) is 0 Å². The molecule has 2 heterocycles. The Hall–Kier alpha value is -1.72. The van der Waals surface area contributed by atoms with Crippen molar-refractivity contribution < 1.29 is 8.78 Å². The van der Waals surface area contributed by atoms with Crippen molar-refractivity contribution in [3.63, 3.8) is 0 Å². The highest BCUT2D eigenvalue weighted by Gasteiger charge is 2.23. The quantitative estimate of drug-likeness (QED) is 0.847. The van der Waals surface area contributed by atoms with Crippen LogP contribution in [0.1, 0.15) is 18.5 Å². The first kappa shape index (κ1) is 16.1. The molecule has 0 saturated carbocycles. The Balaban J connectivity index is 1.63. The van der Waals surface area contributed by atoms with E-state index >= 15 is 0 Å². The van der Waals surface area contributed by atoms with Gasteiger partial charge in [-0.15, -0.1) is 0 Å². The summed E-state index contributed by atoms with van der Waals surface area (Å²) in [6, 6.07) is 7.92. The lowest BCUT2D eigenvalue weighted by atomic mass is 10.1. The molecular weight excluding hydrogens is 320 g/mol. The molecule has 2 aromatic rings. The van der Waals surface area contributed by atoms with E-state index in [2.05, 4.69) is 14.8 Å². The number of nitrogens with zero attached hydrogens (tertiary/aromatic N) is 3. The van der Waals surface area contributed by atoms with Gasteiger partial charge in [-0.3, -0.25) is 4.90 Å². The smallest absolute Gasteiger partial charge is 0.159 e. The molecule has 1 aliphatic heterocycles. The third-order valence-corrected chi connectivity index (χ3v) is 4.55. The molecule has 0 aliphatic carbocycles. The van der Waals surface area contributed by atoms with E-state index in [-0.39, 0.29) is 6.04 Å². The average molecular weight is 338 g/mol. The lowest BCUT2D eigenvalue weighted by Crippen LogP contribution is -2.47. The molecule has 6 heteroatoms. The molecule has 1 unspecified atom stereocenters. The van der Waals surface area contributed by atoms with Crippen molar-refractivity contribution in [3.05, 3.63) is 58.7 Å². The van der Waals surface area contributed by atoms with Gasteiger partial charge in [0.25, 0.3) is 0 Å². The van der Waals surface area contributed by atoms with Gasteiger partial charge in [0.05, 0.1) is 5.02 Å². The maximum atomic E-state index is 13.4. The number of hydrogen-bond acceptors (Lipinski definition) is 3. The summed E-state index contributed by atoms with van der Waals surface area (Å²) < 4.78 is 26.5. The third kappa shape index (κ3) is 3.62. The number of piperazine rings is 1. The summed E-state index contributed by atoms with van der Waals surface area (Å²) in [5, 5.41) is 0.624. The van der Waals surface area contributed by atoms with Gasteiger partial charge >= 0.3 is 0 Å². The first-order valence-electron chi connectivity index (χ1n) is 7.60. The average Bonchev–Trinajstić information content (AvgIpc) is 2.57. The highest BCUT2D eigenvalue weighted by atomic mass is 35.5. The van der Waals surface area contributed by atoms with Gasteiger partial charge in [0.2, 0.25) is 0 Å². The van der Waals surface area contributed by atoms with E-state index in [0.29, 0.717) is 5.02 Å². The predicted octanol–water partition coefficient (Wildman–Crippen LogP) is 3.90. The summed E-state index contributed by atoms with van der Waals surface area (Å²) in [5.41, 5.74) is 0.793. The lowest BCUT2D eigenvalue weighted by molar-refractivity contribution is 0.197. The fourth-order valence-electron chi connectivity index (χ4n) is 2.88. The van der Waals surface area contributed by atoms with E-state index in [1.54, 1.807) is 12.3 Å². The van der Waals surface area contributed by atoms with Crippen LogP contribution in [0.25, 0.3) is 0 Å². The Bertz CT molecular complexity index is 670. The highest BCUT2D eigenvalue weighted by molar-refractivity contribution is 6.30. The zero-order valence-electron chi connectivity index (χ0n) is 12.8. The van der Waals surface area contributed by atoms with Gasteiger partial charge in [-0.25, -0.2) is 13.8 Å². The normalized spacial score (nSPS) is 17.3. The van der Waals surface area contributed by atoms with Gasteiger partial charge in [0.15, 0.2) is 11.6 Å². The van der Waals surface area contributed by atoms with Crippen LogP contribution in [0.4, 0.5) is 14.6 Å². The second kappa shape index (κ2) is 6.81. The number of rotatable bonds is 3. The number of anilines is 1. The zero-order chi connectivity index (χ0) is 16.4. The fourth-order valence-corrected chi connectivity index (χ4v) is 2.99. The number of halogens is 3. The van der Waals surface area contributed by atoms with Crippen molar-refractivity contribution in [1.29, 1.82) is 0 Å². The summed E-state index contributed by atoms with van der Waals surface area (Å²) in [6.45, 7) is 5.36. The van der Waals surface area contributed by atoms with Gasteiger partial charge < -0.3 is 4.90 Å². The van der Waals surface area contributed by atoms with Crippen LogP contribution in [0.3, 0.4) is 0 Å². The Morgan fingerprint density at radius 2 is 1.78 bits per heavy atom. The van der Waals surface area contributed by atoms with Crippen molar-refractivity contribution >= 4 is 17.4 Å². The fraction of sp³-hybridized carbons (Fsp3) is 0.353. The molecule has 1 aliphatic rings. The first-order chi connectivity index (χ1) is 11.0. The second-order valence-electron chi connectivity index (χ2n) is 5.71. The largest absolute Gasteiger partial charge is 0.354 e. The van der Waals surface area contributed by atoms with Crippen LogP contribution in [0.15, 0.2) is 36.5 Å². The molecule has 0 N–H and O–H groups in total. The SMILES string of the molecule is CC(c1ccc(F)c(F)c1)N1CCN(c2ccc(Cl)cn2)CC1. The van der Waals surface area contributed by atoms with E-state index < -0.39 is 11.6 Å². The molecule has 1 aromatic heterocycles. The van der Waals surface area contributed by atoms with E-state index in [9.17, 15) is 8.78 Å². The van der Waals surface area contributed by atoms with Crippen LogP contribution >= 0.6 is 11.6 Å². The van der Waals surface area contributed by atoms with Gasteiger partial charge in [-0.05, 0) is 36.8 Å². The van der Waals surface area contributed by atoms with Crippen molar-refractivity contribution in [2.75, 3.05) is 31.1 Å². The van der Waals surface area contributed by atoms with Crippen LogP contribution in [-0.2, 0) is 0 Å². The van der Waals surface area contributed by atoms with Gasteiger partial charge in [-0.2, -0.15) is 0 Å². The Morgan fingerprint density at radius 1 is 1.04 bits per heavy atom. The maximum absolute atomic E-state index is 13.4. The zero-order valence-corrected chi connectivity index (χ0v) is 13.6. The van der Waals surface area contributed by atoms with Crippen LogP contribution in [0.5, 0.6) is 0 Å². The molecular formula is C17H18ClF2N3. The monoisotopic (exact) mass is 337 g/mol. The van der Waals surface area contributed by atoms with Crippen LogP contribution in [0.2, 0.25) is 5.02 Å². The van der Waals surface area contributed by atoms with Gasteiger partial charge in [0.1, 0.15) is 5.82 Å². The minimum atomic E-state index is -0.806. The first-order valence-corrected chi connectivity index (χ1v) is 7.98. The Morgan fingerprint density at radius 3 is 2.39 bits per heavy atom. The molecule has 1 atom stereocenters. The minimum absolute atomic E-state index is 0.0467. The van der Waals surface area contributed by atoms with Crippen LogP contribution in [0, 0.1) is 11.6 Å². The van der Waals surface area contributed by atoms with Crippen molar-refractivity contribution in [1.82, 2.24) is 9.88 Å². The second-order valence-corrected chi connectivity index (χ2v) is 6.14. The lowest BCUT2D eigenvalue weighted by Gasteiger charge is -2.38. The van der Waals surface area contributed by atoms with Gasteiger partial charge in [-0.1, -0.05) is 17.7 Å². The summed E-state index contributed by atoms with van der Waals surface area (Å²) in [6.07, 6.45) is 1.65. The van der Waals surface area contributed by atoms with Crippen molar-refractivity contribution in [3.8, 4) is 0 Å². The molecule has 1 aromatic carbocycles. The molecule has 0 radical (unpaired) electrons. The molecule has 122 valence electrons. The summed E-state index contributed by atoms with van der Waals surface area (Å²) in [4.78, 5) is 8.80. The highest BCUT2D eigenvalue weighted by Crippen LogP contribution is 2.24. The summed E-state index contributed by atoms with van der Waals surface area (Å²) in [5.74, 6) is -0.688. The minimum Gasteiger partial charge on any atom is -0.354 e. The third-order valence-electron chi connectivity index (χ3n) is 4.32. The molecule has 3 nitrogen and oxygen atoms in total. The summed E-state index contributed by atoms with van der Waals surface area (Å²) in [7, 11) is 0. The Labute approximate surface area is 139 Å². The predicted molar refractivity (Wildman–Crippen MR) is 87.8 cm³/mol. The standard InChI is InChI=1S/C17H18ClF2N3/c1-12(13-2-4-15(19)16(20)10-13)22-6-8-23(9-7-22)17-5-3-14(18)11-21-17/h2-5,10-12H,6-9H2,1H3. The number of hydrogen-bond donors (Lipinski definition) is 0. The maximum Gasteiger partial charge on any atom is 0.159 e. The molecule has 0 amide bonds. The molecule has 0 spiro atoms. The number of benzene rings is 1. The van der Waals surface area contributed by atoms with Crippen LogP contribution in [-0.4, -0.2) is 36.1 Å². The van der Waals surface area contributed by atoms with Crippen molar-refractivity contribution in [2.45, 2.75) is 13.0 Å². The topological polar surface area (TPSA) is 19.4 Å². The molecule has 3 rings (SSSR count). The van der Waals surface area contributed by atoms with Crippen LogP contribution < -0.4 is 4.90 Å². The summed E-state index contributed by atoms with van der Waals surface area (Å²) >= 11 is 5.86. The number of pyridine rings is 1. The van der Waals surface area contributed by atoms with E-state index in [1.165, 1.54) is 12.1 Å². The molecule has 0 bridgehead atoms. The number of aromatic nitrogens is 1. The van der Waals surface area contributed by atoms with E-state index in [0.717, 1.165) is 37.6 Å². The molecule has 23 heavy (non-hydrogen) atoms. The van der Waals surface area contributed by atoms with Gasteiger partial charge in [0, 0.05) is 38.4 Å². The molecule has 1 saturated heterocycles. The van der Waals surface area contributed by atoms with E-state index in [4.69, 9.17) is 11.6 Å².